The van der Waals surface area contributed by atoms with E-state index in [1.165, 1.54) is 0 Å². The molecule has 0 unspecified atom stereocenters. The highest BCUT2D eigenvalue weighted by atomic mass is 16.3. The molecule has 2 heteroatoms. The zero-order valence-corrected chi connectivity index (χ0v) is 11.9. The summed E-state index contributed by atoms with van der Waals surface area (Å²) >= 11 is 0. The molecule has 20 heavy (non-hydrogen) atoms. The Hall–Kier alpha value is -2.22. The van der Waals surface area contributed by atoms with Crippen LogP contribution in [0.15, 0.2) is 55.1 Å². The van der Waals surface area contributed by atoms with Crippen molar-refractivity contribution in [2.75, 3.05) is 0 Å². The Balaban J connectivity index is 2.27. The standard InChI is InChI=1S/C18H20O2/c1-13(14-8-4-6-10-16(14)19)12-18(2,3)15-9-5-7-11-17(15)20/h4-11,19-20H,1,12H2,2-3H3. The van der Waals surface area contributed by atoms with E-state index in [9.17, 15) is 10.2 Å². The fourth-order valence-corrected chi connectivity index (χ4v) is 2.54. The molecule has 0 heterocycles. The second-order valence-electron chi connectivity index (χ2n) is 5.70. The minimum absolute atomic E-state index is 0.241. The van der Waals surface area contributed by atoms with Crippen LogP contribution in [0.2, 0.25) is 0 Å². The lowest BCUT2D eigenvalue weighted by molar-refractivity contribution is 0.437. The van der Waals surface area contributed by atoms with Gasteiger partial charge in [0.15, 0.2) is 0 Å². The molecule has 0 saturated heterocycles. The maximum Gasteiger partial charge on any atom is 0.123 e. The summed E-state index contributed by atoms with van der Waals surface area (Å²) in [5, 5.41) is 19.9. The summed E-state index contributed by atoms with van der Waals surface area (Å²) in [6.45, 7) is 8.21. The first kappa shape index (κ1) is 14.2. The lowest BCUT2D eigenvalue weighted by Crippen LogP contribution is -2.17. The van der Waals surface area contributed by atoms with Crippen LogP contribution in [0.25, 0.3) is 5.57 Å². The van der Waals surface area contributed by atoms with Crippen LogP contribution in [0, 0.1) is 0 Å². The molecule has 2 aromatic carbocycles. The number of phenols is 2. The Kier molecular flexibility index (Phi) is 3.84. The Morgan fingerprint density at radius 2 is 1.50 bits per heavy atom. The molecule has 2 rings (SSSR count). The van der Waals surface area contributed by atoms with E-state index in [2.05, 4.69) is 20.4 Å². The molecule has 2 nitrogen and oxygen atoms in total. The third kappa shape index (κ3) is 2.85. The molecule has 0 fully saturated rings. The number of allylic oxidation sites excluding steroid dienone is 1. The molecule has 2 aromatic rings. The highest BCUT2D eigenvalue weighted by Gasteiger charge is 2.25. The van der Waals surface area contributed by atoms with Crippen LogP contribution in [0.3, 0.4) is 0 Å². The van der Waals surface area contributed by atoms with Gasteiger partial charge in [-0.05, 0) is 35.1 Å². The molecule has 0 bridgehead atoms. The van der Waals surface area contributed by atoms with Gasteiger partial charge >= 0.3 is 0 Å². The molecule has 0 atom stereocenters. The van der Waals surface area contributed by atoms with Crippen molar-refractivity contribution in [2.24, 2.45) is 0 Å². The number of rotatable bonds is 4. The molecule has 0 aliphatic carbocycles. The lowest BCUT2D eigenvalue weighted by Gasteiger charge is -2.27. The van der Waals surface area contributed by atoms with Crippen LogP contribution >= 0.6 is 0 Å². The van der Waals surface area contributed by atoms with E-state index in [4.69, 9.17) is 0 Å². The maximum absolute atomic E-state index is 10.0. The Bertz CT molecular complexity index is 627. The fraction of sp³-hybridized carbons (Fsp3) is 0.222. The van der Waals surface area contributed by atoms with Gasteiger partial charge in [-0.2, -0.15) is 0 Å². The van der Waals surface area contributed by atoms with Crippen LogP contribution in [0.4, 0.5) is 0 Å². The molecular weight excluding hydrogens is 248 g/mol. The molecular formula is C18H20O2. The first-order chi connectivity index (χ1) is 9.42. The highest BCUT2D eigenvalue weighted by molar-refractivity contribution is 5.69. The van der Waals surface area contributed by atoms with Crippen molar-refractivity contribution in [2.45, 2.75) is 25.7 Å². The van der Waals surface area contributed by atoms with Crippen molar-refractivity contribution in [1.82, 2.24) is 0 Å². The normalized spacial score (nSPS) is 11.3. The molecule has 0 aromatic heterocycles. The van der Waals surface area contributed by atoms with Crippen molar-refractivity contribution in [3.63, 3.8) is 0 Å². The summed E-state index contributed by atoms with van der Waals surface area (Å²) in [6, 6.07) is 14.5. The number of para-hydroxylation sites is 2. The first-order valence-electron chi connectivity index (χ1n) is 6.66. The fourth-order valence-electron chi connectivity index (χ4n) is 2.54. The molecule has 2 N–H and O–H groups in total. The maximum atomic E-state index is 10.0. The van der Waals surface area contributed by atoms with E-state index in [-0.39, 0.29) is 11.2 Å². The van der Waals surface area contributed by atoms with Gasteiger partial charge in [-0.3, -0.25) is 0 Å². The summed E-state index contributed by atoms with van der Waals surface area (Å²) in [5.41, 5.74) is 2.24. The molecule has 0 saturated carbocycles. The van der Waals surface area contributed by atoms with Gasteiger partial charge in [-0.1, -0.05) is 56.8 Å². The van der Waals surface area contributed by atoms with Crippen LogP contribution < -0.4 is 0 Å². The number of aromatic hydroxyl groups is 2. The topological polar surface area (TPSA) is 40.5 Å². The second kappa shape index (κ2) is 5.41. The smallest absolute Gasteiger partial charge is 0.123 e. The van der Waals surface area contributed by atoms with Gasteiger partial charge in [0.25, 0.3) is 0 Å². The van der Waals surface area contributed by atoms with E-state index >= 15 is 0 Å². The van der Waals surface area contributed by atoms with E-state index in [1.807, 2.05) is 30.3 Å². The number of benzene rings is 2. The summed E-state index contributed by atoms with van der Waals surface area (Å²) < 4.78 is 0. The average molecular weight is 268 g/mol. The zero-order chi connectivity index (χ0) is 14.8. The largest absolute Gasteiger partial charge is 0.508 e. The predicted molar refractivity (Wildman–Crippen MR) is 82.9 cm³/mol. The molecule has 0 aliphatic heterocycles. The highest BCUT2D eigenvalue weighted by Crippen LogP contribution is 2.39. The van der Waals surface area contributed by atoms with Crippen molar-refractivity contribution >= 4 is 5.57 Å². The minimum Gasteiger partial charge on any atom is -0.508 e. The first-order valence-corrected chi connectivity index (χ1v) is 6.66. The van der Waals surface area contributed by atoms with E-state index in [0.717, 1.165) is 16.7 Å². The Morgan fingerprint density at radius 3 is 2.10 bits per heavy atom. The monoisotopic (exact) mass is 268 g/mol. The van der Waals surface area contributed by atoms with Gasteiger partial charge in [-0.25, -0.2) is 0 Å². The van der Waals surface area contributed by atoms with E-state index < -0.39 is 0 Å². The molecule has 104 valence electrons. The minimum atomic E-state index is -0.259. The van der Waals surface area contributed by atoms with Crippen LogP contribution in [-0.2, 0) is 5.41 Å². The predicted octanol–water partition coefficient (Wildman–Crippen LogP) is 4.48. The van der Waals surface area contributed by atoms with Gasteiger partial charge in [0.1, 0.15) is 11.5 Å². The van der Waals surface area contributed by atoms with Crippen molar-refractivity contribution < 1.29 is 10.2 Å². The van der Waals surface area contributed by atoms with Gasteiger partial charge in [-0.15, -0.1) is 0 Å². The SMILES string of the molecule is C=C(CC(C)(C)c1ccccc1O)c1ccccc1O. The molecule has 0 spiro atoms. The average Bonchev–Trinajstić information content (AvgIpc) is 2.38. The van der Waals surface area contributed by atoms with Crippen molar-refractivity contribution in [1.29, 1.82) is 0 Å². The Labute approximate surface area is 120 Å². The van der Waals surface area contributed by atoms with Crippen LogP contribution in [0.1, 0.15) is 31.4 Å². The van der Waals surface area contributed by atoms with Crippen molar-refractivity contribution in [3.05, 3.63) is 66.2 Å². The summed E-state index contributed by atoms with van der Waals surface area (Å²) in [6.07, 6.45) is 0.655. The number of phenolic OH excluding ortho intramolecular Hbond substituents is 2. The molecule has 0 amide bonds. The second-order valence-corrected chi connectivity index (χ2v) is 5.70. The van der Waals surface area contributed by atoms with Gasteiger partial charge in [0.2, 0.25) is 0 Å². The van der Waals surface area contributed by atoms with E-state index in [1.54, 1.807) is 18.2 Å². The summed E-state index contributed by atoms with van der Waals surface area (Å²) in [5.74, 6) is 0.535. The van der Waals surface area contributed by atoms with Crippen LogP contribution in [0.5, 0.6) is 11.5 Å². The zero-order valence-electron chi connectivity index (χ0n) is 11.9. The van der Waals surface area contributed by atoms with Gasteiger partial charge in [0.05, 0.1) is 0 Å². The number of hydrogen-bond acceptors (Lipinski definition) is 2. The molecule has 0 radical (unpaired) electrons. The Morgan fingerprint density at radius 1 is 0.950 bits per heavy atom. The molecule has 0 aliphatic rings. The summed E-state index contributed by atoms with van der Waals surface area (Å²) in [7, 11) is 0. The van der Waals surface area contributed by atoms with Crippen LogP contribution in [-0.4, -0.2) is 10.2 Å². The van der Waals surface area contributed by atoms with Crippen molar-refractivity contribution in [3.8, 4) is 11.5 Å². The lowest BCUT2D eigenvalue weighted by atomic mass is 9.77. The third-order valence-electron chi connectivity index (χ3n) is 3.57. The third-order valence-corrected chi connectivity index (χ3v) is 3.57. The van der Waals surface area contributed by atoms with Gasteiger partial charge < -0.3 is 10.2 Å². The quantitative estimate of drug-likeness (QED) is 0.858. The number of hydrogen-bond donors (Lipinski definition) is 2. The summed E-state index contributed by atoms with van der Waals surface area (Å²) in [4.78, 5) is 0. The van der Waals surface area contributed by atoms with E-state index in [0.29, 0.717) is 12.2 Å². The van der Waals surface area contributed by atoms with Gasteiger partial charge in [0, 0.05) is 5.56 Å².